The van der Waals surface area contributed by atoms with Crippen LogP contribution in [0.5, 0.6) is 11.5 Å². The lowest BCUT2D eigenvalue weighted by atomic mass is 10.2. The van der Waals surface area contributed by atoms with E-state index in [2.05, 4.69) is 15.0 Å². The van der Waals surface area contributed by atoms with Crippen LogP contribution in [0.15, 0.2) is 60.2 Å². The van der Waals surface area contributed by atoms with Crippen molar-refractivity contribution in [3.05, 3.63) is 70.7 Å². The first-order valence-corrected chi connectivity index (χ1v) is 8.55. The van der Waals surface area contributed by atoms with E-state index in [-0.39, 0.29) is 18.3 Å². The van der Waals surface area contributed by atoms with Gasteiger partial charge in [-0.25, -0.2) is 0 Å². The van der Waals surface area contributed by atoms with Gasteiger partial charge in [-0.1, -0.05) is 12.1 Å². The van der Waals surface area contributed by atoms with Crippen LogP contribution < -0.4 is 14.8 Å². The average Bonchev–Trinajstić information content (AvgIpc) is 3.09. The van der Waals surface area contributed by atoms with Gasteiger partial charge in [-0.15, -0.1) is 24.5 Å². The number of carbonyl (C=O) groups excluding carboxylic acids is 1. The van der Waals surface area contributed by atoms with Gasteiger partial charge in [0.05, 0.1) is 11.9 Å². The fourth-order valence-corrected chi connectivity index (χ4v) is 2.88. The maximum Gasteiger partial charge on any atom is 0.573 e. The number of anilines is 1. The van der Waals surface area contributed by atoms with E-state index in [1.54, 1.807) is 29.8 Å². The molecule has 140 valence electrons. The van der Waals surface area contributed by atoms with Crippen LogP contribution in [0, 0.1) is 0 Å². The highest BCUT2D eigenvalue weighted by Gasteiger charge is 2.30. The highest BCUT2D eigenvalue weighted by molar-refractivity contribution is 7.12. The third-order valence-electron chi connectivity index (χ3n) is 3.31. The quantitative estimate of drug-likeness (QED) is 0.648. The summed E-state index contributed by atoms with van der Waals surface area (Å²) in [4.78, 5) is 16.7. The second-order valence-corrected chi connectivity index (χ2v) is 6.21. The van der Waals surface area contributed by atoms with Gasteiger partial charge in [0.2, 0.25) is 0 Å². The standard InChI is InChI=1S/C18H13F3N2O3S/c19-18(20,21)26-14-5-3-12(4-6-14)11-25-15-7-9-27-16(15)17(24)23-13-2-1-8-22-10-13/h1-10H,11H2,(H,23,24). The summed E-state index contributed by atoms with van der Waals surface area (Å²) in [6, 6.07) is 10.4. The lowest BCUT2D eigenvalue weighted by Gasteiger charge is -2.10. The van der Waals surface area contributed by atoms with E-state index in [1.165, 1.54) is 41.8 Å². The number of nitrogens with one attached hydrogen (secondary N) is 1. The molecule has 2 aromatic heterocycles. The number of pyridine rings is 1. The molecule has 1 amide bonds. The number of halogens is 3. The zero-order valence-corrected chi connectivity index (χ0v) is 14.5. The molecular weight excluding hydrogens is 381 g/mol. The van der Waals surface area contributed by atoms with E-state index in [1.807, 2.05) is 0 Å². The molecule has 2 heterocycles. The molecule has 0 saturated carbocycles. The highest BCUT2D eigenvalue weighted by Crippen LogP contribution is 2.27. The van der Waals surface area contributed by atoms with Crippen molar-refractivity contribution in [2.45, 2.75) is 13.0 Å². The van der Waals surface area contributed by atoms with Crippen LogP contribution in [0.4, 0.5) is 18.9 Å². The summed E-state index contributed by atoms with van der Waals surface area (Å²) in [7, 11) is 0. The van der Waals surface area contributed by atoms with Crippen molar-refractivity contribution in [2.75, 3.05) is 5.32 Å². The average molecular weight is 394 g/mol. The molecule has 0 aliphatic carbocycles. The predicted molar refractivity (Wildman–Crippen MR) is 94.0 cm³/mol. The maximum absolute atomic E-state index is 12.4. The van der Waals surface area contributed by atoms with Crippen LogP contribution in [0.2, 0.25) is 0 Å². The Morgan fingerprint density at radius 1 is 1.15 bits per heavy atom. The Labute approximate surface area is 156 Å². The van der Waals surface area contributed by atoms with Gasteiger partial charge in [0.25, 0.3) is 5.91 Å². The molecule has 0 saturated heterocycles. The summed E-state index contributed by atoms with van der Waals surface area (Å²) < 4.78 is 45.9. The third kappa shape index (κ3) is 5.45. The van der Waals surface area contributed by atoms with Gasteiger partial charge < -0.3 is 14.8 Å². The van der Waals surface area contributed by atoms with Crippen LogP contribution in [0.3, 0.4) is 0 Å². The van der Waals surface area contributed by atoms with Crippen molar-refractivity contribution in [3.63, 3.8) is 0 Å². The van der Waals surface area contributed by atoms with Gasteiger partial charge >= 0.3 is 6.36 Å². The zero-order chi connectivity index (χ0) is 19.3. The molecule has 1 aromatic carbocycles. The summed E-state index contributed by atoms with van der Waals surface area (Å²) in [6.45, 7) is 0.0935. The monoisotopic (exact) mass is 394 g/mol. The molecule has 9 heteroatoms. The van der Waals surface area contributed by atoms with Crippen LogP contribution in [0.25, 0.3) is 0 Å². The fraction of sp³-hybridized carbons (Fsp3) is 0.111. The number of nitrogens with zero attached hydrogens (tertiary/aromatic N) is 1. The van der Waals surface area contributed by atoms with E-state index in [0.29, 0.717) is 21.9 Å². The molecule has 3 aromatic rings. The number of thiophene rings is 1. The number of rotatable bonds is 6. The summed E-state index contributed by atoms with van der Waals surface area (Å²) in [6.07, 6.45) is -1.61. The van der Waals surface area contributed by atoms with Gasteiger partial charge in [-0.3, -0.25) is 9.78 Å². The van der Waals surface area contributed by atoms with Crippen molar-refractivity contribution in [2.24, 2.45) is 0 Å². The van der Waals surface area contributed by atoms with Crippen molar-refractivity contribution in [1.29, 1.82) is 0 Å². The summed E-state index contributed by atoms with van der Waals surface area (Å²) >= 11 is 1.22. The van der Waals surface area contributed by atoms with Crippen LogP contribution in [-0.2, 0) is 6.61 Å². The number of aromatic nitrogens is 1. The molecule has 0 atom stereocenters. The van der Waals surface area contributed by atoms with Gasteiger partial charge in [0, 0.05) is 6.20 Å². The highest BCUT2D eigenvalue weighted by atomic mass is 32.1. The molecule has 0 aliphatic rings. The Hall–Kier alpha value is -3.07. The molecule has 0 aliphatic heterocycles. The van der Waals surface area contributed by atoms with Crippen LogP contribution in [0.1, 0.15) is 15.2 Å². The Kier molecular flexibility index (Phi) is 5.60. The van der Waals surface area contributed by atoms with Gasteiger partial charge in [0.1, 0.15) is 23.0 Å². The fourth-order valence-electron chi connectivity index (χ4n) is 2.15. The number of hydrogen-bond acceptors (Lipinski definition) is 5. The van der Waals surface area contributed by atoms with Crippen LogP contribution in [-0.4, -0.2) is 17.3 Å². The van der Waals surface area contributed by atoms with E-state index in [4.69, 9.17) is 4.74 Å². The Balaban J connectivity index is 1.61. The van der Waals surface area contributed by atoms with E-state index in [0.717, 1.165) is 0 Å². The van der Waals surface area contributed by atoms with E-state index < -0.39 is 6.36 Å². The minimum atomic E-state index is -4.73. The Bertz CT molecular complexity index is 896. The van der Waals surface area contributed by atoms with E-state index >= 15 is 0 Å². The largest absolute Gasteiger partial charge is 0.573 e. The normalized spacial score (nSPS) is 11.1. The number of carbonyl (C=O) groups is 1. The molecule has 0 radical (unpaired) electrons. The SMILES string of the molecule is O=C(Nc1cccnc1)c1sccc1OCc1ccc(OC(F)(F)F)cc1. The first-order chi connectivity index (χ1) is 12.9. The number of ether oxygens (including phenoxy) is 2. The third-order valence-corrected chi connectivity index (χ3v) is 4.20. The number of amides is 1. The number of alkyl halides is 3. The lowest BCUT2D eigenvalue weighted by molar-refractivity contribution is -0.274. The summed E-state index contributed by atoms with van der Waals surface area (Å²) in [5.74, 6) is -0.253. The van der Waals surface area contributed by atoms with Crippen molar-refractivity contribution in [1.82, 2.24) is 4.98 Å². The van der Waals surface area contributed by atoms with Gasteiger partial charge in [-0.05, 0) is 41.3 Å². The molecule has 0 spiro atoms. The maximum atomic E-state index is 12.4. The second-order valence-electron chi connectivity index (χ2n) is 5.29. The lowest BCUT2D eigenvalue weighted by Crippen LogP contribution is -2.17. The molecule has 1 N–H and O–H groups in total. The number of hydrogen-bond donors (Lipinski definition) is 1. The summed E-state index contributed by atoms with van der Waals surface area (Å²) in [5.41, 5.74) is 1.19. The van der Waals surface area contributed by atoms with Crippen molar-refractivity contribution < 1.29 is 27.4 Å². The molecule has 3 rings (SSSR count). The first kappa shape index (κ1) is 18.7. The topological polar surface area (TPSA) is 60.5 Å². The first-order valence-electron chi connectivity index (χ1n) is 7.67. The molecule has 0 bridgehead atoms. The smallest absolute Gasteiger partial charge is 0.487 e. The van der Waals surface area contributed by atoms with Gasteiger partial charge in [0.15, 0.2) is 0 Å². The minimum Gasteiger partial charge on any atom is -0.487 e. The molecule has 5 nitrogen and oxygen atoms in total. The molecule has 0 unspecified atom stereocenters. The Morgan fingerprint density at radius 3 is 2.59 bits per heavy atom. The van der Waals surface area contributed by atoms with Crippen molar-refractivity contribution >= 4 is 22.9 Å². The van der Waals surface area contributed by atoms with Crippen LogP contribution >= 0.6 is 11.3 Å². The zero-order valence-electron chi connectivity index (χ0n) is 13.7. The second kappa shape index (κ2) is 8.09. The summed E-state index contributed by atoms with van der Waals surface area (Å²) in [5, 5.41) is 4.43. The van der Waals surface area contributed by atoms with Gasteiger partial charge in [-0.2, -0.15) is 0 Å². The molecular formula is C18H13F3N2O3S. The molecule has 0 fully saturated rings. The number of benzene rings is 1. The minimum absolute atomic E-state index is 0.0935. The van der Waals surface area contributed by atoms with E-state index in [9.17, 15) is 18.0 Å². The molecule has 27 heavy (non-hydrogen) atoms. The predicted octanol–water partition coefficient (Wildman–Crippen LogP) is 4.87. The van der Waals surface area contributed by atoms with Crippen molar-refractivity contribution in [3.8, 4) is 11.5 Å². The Morgan fingerprint density at radius 2 is 1.93 bits per heavy atom.